The number of hydrogen-bond acceptors (Lipinski definition) is 3. The Bertz CT molecular complexity index is 789. The van der Waals surface area contributed by atoms with Crippen LogP contribution in [0.5, 0.6) is 5.75 Å². The minimum atomic E-state index is -1.09. The molecule has 6 heteroatoms. The molecule has 130 valence electrons. The monoisotopic (exact) mass is 358 g/mol. The molecule has 0 bridgehead atoms. The van der Waals surface area contributed by atoms with Crippen molar-refractivity contribution < 1.29 is 14.3 Å². The normalized spacial score (nSPS) is 19.9. The highest BCUT2D eigenvalue weighted by atomic mass is 35.5. The average molecular weight is 359 g/mol. The molecule has 0 spiro atoms. The molecule has 0 unspecified atom stereocenters. The predicted octanol–water partition coefficient (Wildman–Crippen LogP) is 3.49. The number of amides is 3. The number of nitrogens with one attached hydrogen (secondary N) is 1. The van der Waals surface area contributed by atoms with E-state index in [1.807, 2.05) is 31.2 Å². The van der Waals surface area contributed by atoms with E-state index in [-0.39, 0.29) is 19.1 Å². The van der Waals surface area contributed by atoms with Crippen molar-refractivity contribution in [3.63, 3.8) is 0 Å². The molecular formula is C19H19ClN2O3. The van der Waals surface area contributed by atoms with Gasteiger partial charge in [-0.3, -0.25) is 9.69 Å². The lowest BCUT2D eigenvalue weighted by atomic mass is 9.92. The zero-order valence-electron chi connectivity index (χ0n) is 14.1. The molecule has 2 aromatic rings. The maximum atomic E-state index is 12.8. The summed E-state index contributed by atoms with van der Waals surface area (Å²) in [5, 5.41) is 3.34. The van der Waals surface area contributed by atoms with E-state index >= 15 is 0 Å². The summed E-state index contributed by atoms with van der Waals surface area (Å²) in [6.07, 6.45) is 0. The first-order valence-electron chi connectivity index (χ1n) is 8.00. The number of carbonyl (C=O) groups excluding carboxylic acids is 2. The molecule has 1 heterocycles. The molecule has 1 saturated heterocycles. The minimum Gasteiger partial charge on any atom is -0.492 e. The van der Waals surface area contributed by atoms with Crippen molar-refractivity contribution >= 4 is 23.5 Å². The number of rotatable bonds is 5. The minimum absolute atomic E-state index is 0.182. The van der Waals surface area contributed by atoms with E-state index < -0.39 is 11.6 Å². The molecular weight excluding hydrogens is 340 g/mol. The van der Waals surface area contributed by atoms with Crippen LogP contribution in [0.4, 0.5) is 4.79 Å². The topological polar surface area (TPSA) is 58.6 Å². The maximum Gasteiger partial charge on any atom is 0.325 e. The van der Waals surface area contributed by atoms with Crippen LogP contribution >= 0.6 is 11.6 Å². The van der Waals surface area contributed by atoms with Crippen LogP contribution in [0.2, 0.25) is 5.02 Å². The zero-order valence-corrected chi connectivity index (χ0v) is 14.8. The Balaban J connectivity index is 1.66. The van der Waals surface area contributed by atoms with Gasteiger partial charge in [0.05, 0.1) is 6.54 Å². The van der Waals surface area contributed by atoms with Gasteiger partial charge in [0.25, 0.3) is 5.91 Å². The average Bonchev–Trinajstić information content (AvgIpc) is 2.81. The molecule has 3 amide bonds. The van der Waals surface area contributed by atoms with Crippen molar-refractivity contribution in [1.82, 2.24) is 10.2 Å². The van der Waals surface area contributed by atoms with Crippen molar-refractivity contribution in [3.05, 3.63) is 64.7 Å². The first kappa shape index (κ1) is 17.3. The summed E-state index contributed by atoms with van der Waals surface area (Å²) in [4.78, 5) is 26.2. The summed E-state index contributed by atoms with van der Waals surface area (Å²) in [6.45, 7) is 4.10. The summed E-state index contributed by atoms with van der Waals surface area (Å²) in [5.41, 5.74) is 0.739. The fourth-order valence-electron chi connectivity index (χ4n) is 2.77. The standard InChI is InChI=1S/C19H19ClN2O3/c1-13-3-9-16(10-4-13)25-12-11-22-17(23)19(2,21-18(22)24)14-5-7-15(20)8-6-14/h3-10H,11-12H2,1-2H3,(H,21,24)/t19-/m1/s1. The van der Waals surface area contributed by atoms with Crippen LogP contribution < -0.4 is 10.1 Å². The highest BCUT2D eigenvalue weighted by Gasteiger charge is 2.48. The number of carbonyl (C=O) groups is 2. The third-order valence-corrected chi connectivity index (χ3v) is 4.55. The fraction of sp³-hybridized carbons (Fsp3) is 0.263. The van der Waals surface area contributed by atoms with Gasteiger partial charge in [-0.2, -0.15) is 0 Å². The summed E-state index contributed by atoms with van der Waals surface area (Å²) in [6, 6.07) is 14.1. The molecule has 1 atom stereocenters. The van der Waals surface area contributed by atoms with Crippen LogP contribution in [-0.4, -0.2) is 30.0 Å². The lowest BCUT2D eigenvalue weighted by Crippen LogP contribution is -2.41. The number of hydrogen-bond donors (Lipinski definition) is 1. The van der Waals surface area contributed by atoms with E-state index in [0.29, 0.717) is 16.3 Å². The number of nitrogens with zero attached hydrogens (tertiary/aromatic N) is 1. The van der Waals surface area contributed by atoms with Crippen molar-refractivity contribution in [3.8, 4) is 5.75 Å². The van der Waals surface area contributed by atoms with Gasteiger partial charge in [-0.05, 0) is 43.7 Å². The van der Waals surface area contributed by atoms with Crippen molar-refractivity contribution in [1.29, 1.82) is 0 Å². The molecule has 1 N–H and O–H groups in total. The Morgan fingerprint density at radius 1 is 1.08 bits per heavy atom. The lowest BCUT2D eigenvalue weighted by Gasteiger charge is -2.22. The predicted molar refractivity (Wildman–Crippen MR) is 95.7 cm³/mol. The first-order chi connectivity index (χ1) is 11.9. The van der Waals surface area contributed by atoms with Gasteiger partial charge in [0.15, 0.2) is 0 Å². The smallest absolute Gasteiger partial charge is 0.325 e. The van der Waals surface area contributed by atoms with Gasteiger partial charge in [0.1, 0.15) is 17.9 Å². The lowest BCUT2D eigenvalue weighted by molar-refractivity contribution is -0.131. The Morgan fingerprint density at radius 3 is 2.36 bits per heavy atom. The molecule has 1 aliphatic heterocycles. The maximum absolute atomic E-state index is 12.8. The number of ether oxygens (including phenoxy) is 1. The van der Waals surface area contributed by atoms with Crippen molar-refractivity contribution in [2.45, 2.75) is 19.4 Å². The number of benzene rings is 2. The van der Waals surface area contributed by atoms with Gasteiger partial charge in [0.2, 0.25) is 0 Å². The van der Waals surface area contributed by atoms with E-state index in [1.165, 1.54) is 4.90 Å². The molecule has 3 rings (SSSR count). The second kappa shape index (κ2) is 6.76. The summed E-state index contributed by atoms with van der Waals surface area (Å²) < 4.78 is 5.62. The molecule has 1 fully saturated rings. The van der Waals surface area contributed by atoms with Gasteiger partial charge < -0.3 is 10.1 Å². The van der Waals surface area contributed by atoms with Crippen molar-refractivity contribution in [2.75, 3.05) is 13.2 Å². The molecule has 2 aromatic carbocycles. The number of urea groups is 1. The van der Waals surface area contributed by atoms with Crippen LogP contribution in [-0.2, 0) is 10.3 Å². The Kier molecular flexibility index (Phi) is 4.68. The van der Waals surface area contributed by atoms with Gasteiger partial charge in [0, 0.05) is 5.02 Å². The highest BCUT2D eigenvalue weighted by molar-refractivity contribution is 6.30. The van der Waals surface area contributed by atoms with Gasteiger partial charge in [-0.25, -0.2) is 4.79 Å². The van der Waals surface area contributed by atoms with Gasteiger partial charge >= 0.3 is 6.03 Å². The Hall–Kier alpha value is -2.53. The van der Waals surface area contributed by atoms with Crippen LogP contribution in [0.3, 0.4) is 0 Å². The van der Waals surface area contributed by atoms with E-state index in [0.717, 1.165) is 5.56 Å². The van der Waals surface area contributed by atoms with Crippen LogP contribution in [0.15, 0.2) is 48.5 Å². The Morgan fingerprint density at radius 2 is 1.72 bits per heavy atom. The first-order valence-corrected chi connectivity index (χ1v) is 8.37. The number of aryl methyl sites for hydroxylation is 1. The molecule has 25 heavy (non-hydrogen) atoms. The van der Waals surface area contributed by atoms with E-state index in [9.17, 15) is 9.59 Å². The van der Waals surface area contributed by atoms with Crippen molar-refractivity contribution in [2.24, 2.45) is 0 Å². The Labute approximate surface area is 151 Å². The van der Waals surface area contributed by atoms with E-state index in [2.05, 4.69) is 5.32 Å². The largest absolute Gasteiger partial charge is 0.492 e. The number of imide groups is 1. The molecule has 0 saturated carbocycles. The quantitative estimate of drug-likeness (QED) is 0.832. The second-order valence-corrected chi connectivity index (χ2v) is 6.62. The fourth-order valence-corrected chi connectivity index (χ4v) is 2.89. The highest BCUT2D eigenvalue weighted by Crippen LogP contribution is 2.29. The summed E-state index contributed by atoms with van der Waals surface area (Å²) in [7, 11) is 0. The van der Waals surface area contributed by atoms with Crippen LogP contribution in [0.1, 0.15) is 18.1 Å². The number of halogens is 1. The summed E-state index contributed by atoms with van der Waals surface area (Å²) in [5.74, 6) is 0.408. The van der Waals surface area contributed by atoms with E-state index in [4.69, 9.17) is 16.3 Å². The second-order valence-electron chi connectivity index (χ2n) is 6.18. The SMILES string of the molecule is Cc1ccc(OCCN2C(=O)N[C@](C)(c3ccc(Cl)cc3)C2=O)cc1. The van der Waals surface area contributed by atoms with E-state index in [1.54, 1.807) is 31.2 Å². The molecule has 0 aliphatic carbocycles. The summed E-state index contributed by atoms with van der Waals surface area (Å²) >= 11 is 5.89. The third-order valence-electron chi connectivity index (χ3n) is 4.30. The van der Waals surface area contributed by atoms with Gasteiger partial charge in [-0.15, -0.1) is 0 Å². The molecule has 5 nitrogen and oxygen atoms in total. The zero-order chi connectivity index (χ0) is 18.0. The molecule has 1 aliphatic rings. The molecule has 0 radical (unpaired) electrons. The van der Waals surface area contributed by atoms with Crippen LogP contribution in [0.25, 0.3) is 0 Å². The third kappa shape index (κ3) is 3.46. The molecule has 0 aromatic heterocycles. The van der Waals surface area contributed by atoms with Crippen LogP contribution in [0, 0.1) is 6.92 Å². The van der Waals surface area contributed by atoms with Gasteiger partial charge in [-0.1, -0.05) is 41.4 Å².